The van der Waals surface area contributed by atoms with E-state index >= 15 is 0 Å². The van der Waals surface area contributed by atoms with Gasteiger partial charge >= 0.3 is 0 Å². The lowest BCUT2D eigenvalue weighted by Crippen LogP contribution is -2.38. The van der Waals surface area contributed by atoms with Gasteiger partial charge in [-0.15, -0.1) is 24.0 Å². The third-order valence-corrected chi connectivity index (χ3v) is 4.50. The second-order valence-electron chi connectivity index (χ2n) is 7.65. The van der Waals surface area contributed by atoms with Crippen molar-refractivity contribution in [2.75, 3.05) is 26.2 Å². The third kappa shape index (κ3) is 11.7. The number of unbranched alkanes of at least 4 members (excludes halogenated alkanes) is 1. The normalized spacial score (nSPS) is 12.2. The number of hydrogen-bond donors (Lipinski definition) is 3. The first-order valence-electron chi connectivity index (χ1n) is 11.2. The predicted molar refractivity (Wildman–Crippen MR) is 142 cm³/mol. The van der Waals surface area contributed by atoms with Gasteiger partial charge in [-0.2, -0.15) is 0 Å². The molecule has 0 spiro atoms. The number of aliphatic imine (C=N–C) groups is 1. The fourth-order valence-electron chi connectivity index (χ4n) is 2.99. The highest BCUT2D eigenvalue weighted by Gasteiger charge is 2.09. The SMILES string of the molecule is CCNC(=NCC(O)c1cccc(OC(C)C)c1)NCCCCOCc1ccccc1.I. The number of ether oxygens (including phenoxy) is 2. The quantitative estimate of drug-likeness (QED) is 0.145. The largest absolute Gasteiger partial charge is 0.491 e. The lowest BCUT2D eigenvalue weighted by Gasteiger charge is -2.15. The third-order valence-electron chi connectivity index (χ3n) is 4.50. The lowest BCUT2D eigenvalue weighted by atomic mass is 10.1. The molecule has 0 aliphatic heterocycles. The minimum atomic E-state index is -0.683. The highest BCUT2D eigenvalue weighted by atomic mass is 127. The van der Waals surface area contributed by atoms with E-state index in [0.717, 1.165) is 43.9 Å². The van der Waals surface area contributed by atoms with E-state index in [1.807, 2.05) is 63.2 Å². The van der Waals surface area contributed by atoms with Crippen LogP contribution in [0.15, 0.2) is 59.6 Å². The molecule has 0 aromatic heterocycles. The Labute approximate surface area is 209 Å². The monoisotopic (exact) mass is 555 g/mol. The summed E-state index contributed by atoms with van der Waals surface area (Å²) in [6.07, 6.45) is 1.37. The molecule has 0 heterocycles. The van der Waals surface area contributed by atoms with E-state index in [2.05, 4.69) is 27.8 Å². The Balaban J connectivity index is 0.00000512. The van der Waals surface area contributed by atoms with Crippen molar-refractivity contribution < 1.29 is 14.6 Å². The summed E-state index contributed by atoms with van der Waals surface area (Å²) < 4.78 is 11.4. The van der Waals surface area contributed by atoms with Crippen molar-refractivity contribution in [2.45, 2.75) is 52.4 Å². The summed E-state index contributed by atoms with van der Waals surface area (Å²) in [6, 6.07) is 17.8. The summed E-state index contributed by atoms with van der Waals surface area (Å²) in [5.74, 6) is 1.47. The van der Waals surface area contributed by atoms with E-state index in [9.17, 15) is 5.11 Å². The van der Waals surface area contributed by atoms with E-state index in [4.69, 9.17) is 9.47 Å². The standard InChI is InChI=1S/C25H37N3O3.HI/c1-4-26-25(27-15-8-9-16-30-19-21-11-6-5-7-12-21)28-18-24(29)22-13-10-14-23(17-22)31-20(2)3;/h5-7,10-14,17,20,24,29H,4,8-9,15-16,18-19H2,1-3H3,(H2,26,27,28);1H. The maximum absolute atomic E-state index is 10.5. The average Bonchev–Trinajstić information content (AvgIpc) is 2.77. The second-order valence-corrected chi connectivity index (χ2v) is 7.65. The highest BCUT2D eigenvalue weighted by molar-refractivity contribution is 14.0. The summed E-state index contributed by atoms with van der Waals surface area (Å²) >= 11 is 0. The maximum atomic E-state index is 10.5. The zero-order valence-corrected chi connectivity index (χ0v) is 21.8. The van der Waals surface area contributed by atoms with Crippen LogP contribution in [0.1, 0.15) is 50.8 Å². The number of halogens is 1. The number of nitrogens with one attached hydrogen (secondary N) is 2. The molecular formula is C25H38IN3O3. The van der Waals surface area contributed by atoms with Gasteiger partial charge in [0.25, 0.3) is 0 Å². The summed E-state index contributed by atoms with van der Waals surface area (Å²) in [7, 11) is 0. The number of nitrogens with zero attached hydrogens (tertiary/aromatic N) is 1. The van der Waals surface area contributed by atoms with Gasteiger partial charge in [0.1, 0.15) is 5.75 Å². The van der Waals surface area contributed by atoms with Gasteiger partial charge in [-0.3, -0.25) is 4.99 Å². The van der Waals surface area contributed by atoms with Crippen LogP contribution in [-0.4, -0.2) is 43.4 Å². The molecule has 6 nitrogen and oxygen atoms in total. The fraction of sp³-hybridized carbons (Fsp3) is 0.480. The zero-order valence-electron chi connectivity index (χ0n) is 19.4. The Morgan fingerprint density at radius 1 is 1.03 bits per heavy atom. The maximum Gasteiger partial charge on any atom is 0.191 e. The van der Waals surface area contributed by atoms with E-state index in [-0.39, 0.29) is 36.6 Å². The average molecular weight is 556 g/mol. The molecule has 2 aromatic carbocycles. The molecule has 178 valence electrons. The zero-order chi connectivity index (χ0) is 22.3. The van der Waals surface area contributed by atoms with Crippen LogP contribution >= 0.6 is 24.0 Å². The minimum absolute atomic E-state index is 0. The van der Waals surface area contributed by atoms with E-state index in [1.54, 1.807) is 0 Å². The number of aliphatic hydroxyl groups excluding tert-OH is 1. The molecule has 0 radical (unpaired) electrons. The molecule has 3 N–H and O–H groups in total. The minimum Gasteiger partial charge on any atom is -0.491 e. The predicted octanol–water partition coefficient (Wildman–Crippen LogP) is 4.68. The van der Waals surface area contributed by atoms with Crippen LogP contribution < -0.4 is 15.4 Å². The molecule has 2 rings (SSSR count). The first-order chi connectivity index (χ1) is 15.1. The van der Waals surface area contributed by atoms with Gasteiger partial charge < -0.3 is 25.2 Å². The Morgan fingerprint density at radius 2 is 1.81 bits per heavy atom. The van der Waals surface area contributed by atoms with E-state index in [0.29, 0.717) is 12.6 Å². The number of rotatable bonds is 13. The topological polar surface area (TPSA) is 75.1 Å². The van der Waals surface area contributed by atoms with Crippen LogP contribution in [-0.2, 0) is 11.3 Å². The second kappa shape index (κ2) is 16.7. The molecule has 32 heavy (non-hydrogen) atoms. The van der Waals surface area contributed by atoms with Gasteiger partial charge in [0.2, 0.25) is 0 Å². The van der Waals surface area contributed by atoms with Crippen molar-refractivity contribution in [2.24, 2.45) is 4.99 Å². The summed E-state index contributed by atoms with van der Waals surface area (Å²) in [5, 5.41) is 17.1. The van der Waals surface area contributed by atoms with Crippen LogP contribution in [0.3, 0.4) is 0 Å². The Bertz CT molecular complexity index is 772. The molecule has 2 aromatic rings. The molecule has 0 saturated heterocycles. The van der Waals surface area contributed by atoms with Crippen LogP contribution in [0.4, 0.5) is 0 Å². The number of aliphatic hydroxyl groups is 1. The fourth-order valence-corrected chi connectivity index (χ4v) is 2.99. The first-order valence-corrected chi connectivity index (χ1v) is 11.2. The van der Waals surface area contributed by atoms with Crippen molar-refractivity contribution in [3.8, 4) is 5.75 Å². The summed E-state index contributed by atoms with van der Waals surface area (Å²) in [6.45, 7) is 9.22. The van der Waals surface area contributed by atoms with Crippen molar-refractivity contribution in [1.82, 2.24) is 10.6 Å². The van der Waals surface area contributed by atoms with E-state index in [1.165, 1.54) is 5.56 Å². The molecule has 7 heteroatoms. The Morgan fingerprint density at radius 3 is 2.53 bits per heavy atom. The Hall–Kier alpha value is -1.84. The molecule has 0 aliphatic carbocycles. The molecule has 0 amide bonds. The smallest absolute Gasteiger partial charge is 0.191 e. The van der Waals surface area contributed by atoms with E-state index < -0.39 is 6.10 Å². The highest BCUT2D eigenvalue weighted by Crippen LogP contribution is 2.20. The Kier molecular flexibility index (Phi) is 14.8. The molecule has 1 unspecified atom stereocenters. The first kappa shape index (κ1) is 28.2. The number of benzene rings is 2. The number of guanidine groups is 1. The molecule has 0 saturated carbocycles. The van der Waals surface area contributed by atoms with Crippen molar-refractivity contribution in [1.29, 1.82) is 0 Å². The molecule has 0 fully saturated rings. The van der Waals surface area contributed by atoms with Gasteiger partial charge in [-0.25, -0.2) is 0 Å². The molecule has 0 bridgehead atoms. The molecule has 0 aliphatic rings. The van der Waals surface area contributed by atoms with Gasteiger partial charge in [-0.05, 0) is 56.9 Å². The summed E-state index contributed by atoms with van der Waals surface area (Å²) in [4.78, 5) is 4.53. The lowest BCUT2D eigenvalue weighted by molar-refractivity contribution is 0.117. The van der Waals surface area contributed by atoms with Gasteiger partial charge in [0, 0.05) is 19.7 Å². The van der Waals surface area contributed by atoms with Crippen molar-refractivity contribution in [3.05, 3.63) is 65.7 Å². The summed E-state index contributed by atoms with van der Waals surface area (Å²) in [5.41, 5.74) is 2.00. The number of hydrogen-bond acceptors (Lipinski definition) is 4. The van der Waals surface area contributed by atoms with Crippen molar-refractivity contribution >= 4 is 29.9 Å². The van der Waals surface area contributed by atoms with Crippen LogP contribution in [0.5, 0.6) is 5.75 Å². The van der Waals surface area contributed by atoms with Gasteiger partial charge in [0.15, 0.2) is 5.96 Å². The molecule has 1 atom stereocenters. The van der Waals surface area contributed by atoms with Crippen LogP contribution in [0.2, 0.25) is 0 Å². The van der Waals surface area contributed by atoms with Crippen LogP contribution in [0.25, 0.3) is 0 Å². The van der Waals surface area contributed by atoms with Gasteiger partial charge in [0.05, 0.1) is 25.4 Å². The molecular weight excluding hydrogens is 517 g/mol. The van der Waals surface area contributed by atoms with Crippen molar-refractivity contribution in [3.63, 3.8) is 0 Å². The van der Waals surface area contributed by atoms with Gasteiger partial charge in [-0.1, -0.05) is 42.5 Å². The van der Waals surface area contributed by atoms with Crippen LogP contribution in [0, 0.1) is 0 Å².